The van der Waals surface area contributed by atoms with Crippen molar-refractivity contribution in [1.82, 2.24) is 4.90 Å². The van der Waals surface area contributed by atoms with Crippen LogP contribution in [0.2, 0.25) is 0 Å². The van der Waals surface area contributed by atoms with Gasteiger partial charge in [0.15, 0.2) is 0 Å². The first-order valence-corrected chi connectivity index (χ1v) is 21.5. The predicted octanol–water partition coefficient (Wildman–Crippen LogP) is 12.1. The molecule has 0 heterocycles. The lowest BCUT2D eigenvalue weighted by Gasteiger charge is -2.18. The van der Waals surface area contributed by atoms with Crippen molar-refractivity contribution in [1.29, 1.82) is 0 Å². The molecule has 7 heteroatoms. The van der Waals surface area contributed by atoms with Crippen LogP contribution in [0.5, 0.6) is 0 Å². The summed E-state index contributed by atoms with van der Waals surface area (Å²) in [6.07, 6.45) is 34.9. The van der Waals surface area contributed by atoms with Gasteiger partial charge < -0.3 is 19.1 Å². The number of carbonyl (C=O) groups excluding carboxylic acids is 3. The van der Waals surface area contributed by atoms with Crippen LogP contribution in [0, 0.1) is 0 Å². The standard InChI is InChI=1S/C43H83NO6/c1-5-7-9-29-38-48-41(45)34-27-23-19-15-11-13-17-21-25-32-40(50-43(47)36-31-37-44(3)4)33-26-22-18-14-12-16-20-24-28-35-42(46)49-39-30-10-8-6-2/h40H,5-39H2,1-4H3. The van der Waals surface area contributed by atoms with Gasteiger partial charge in [-0.15, -0.1) is 0 Å². The number of esters is 3. The second-order valence-electron chi connectivity index (χ2n) is 15.0. The number of nitrogens with zero attached hydrogens (tertiary/aromatic N) is 1. The smallest absolute Gasteiger partial charge is 0.306 e. The Hall–Kier alpha value is -1.63. The number of carbonyl (C=O) groups is 3. The first-order valence-electron chi connectivity index (χ1n) is 21.5. The van der Waals surface area contributed by atoms with E-state index in [0.29, 0.717) is 32.5 Å². The fraction of sp³-hybridized carbons (Fsp3) is 0.930. The summed E-state index contributed by atoms with van der Waals surface area (Å²) >= 11 is 0. The Kier molecular flexibility index (Phi) is 37.3. The highest BCUT2D eigenvalue weighted by Crippen LogP contribution is 2.19. The molecule has 0 N–H and O–H groups in total. The fourth-order valence-electron chi connectivity index (χ4n) is 6.38. The van der Waals surface area contributed by atoms with E-state index < -0.39 is 0 Å². The molecule has 50 heavy (non-hydrogen) atoms. The maximum Gasteiger partial charge on any atom is 0.306 e. The Morgan fingerprint density at radius 3 is 1.14 bits per heavy atom. The SMILES string of the molecule is CCCCCCOC(=O)CCCCCCCCCCCC(CCCCCCCCCCCC(=O)OCCCCCC)OC(=O)CCCN(C)C. The molecule has 0 atom stereocenters. The van der Waals surface area contributed by atoms with Gasteiger partial charge in [0, 0.05) is 19.3 Å². The van der Waals surface area contributed by atoms with Gasteiger partial charge in [-0.25, -0.2) is 0 Å². The first-order chi connectivity index (χ1) is 24.4. The van der Waals surface area contributed by atoms with Crippen molar-refractivity contribution in [3.8, 4) is 0 Å². The number of hydrogen-bond donors (Lipinski definition) is 0. The lowest BCUT2D eigenvalue weighted by molar-refractivity contribution is -0.150. The van der Waals surface area contributed by atoms with Crippen LogP contribution in [0.3, 0.4) is 0 Å². The van der Waals surface area contributed by atoms with Crippen molar-refractivity contribution in [2.45, 2.75) is 225 Å². The Bertz CT molecular complexity index is 710. The predicted molar refractivity (Wildman–Crippen MR) is 209 cm³/mol. The van der Waals surface area contributed by atoms with E-state index >= 15 is 0 Å². The van der Waals surface area contributed by atoms with Gasteiger partial charge in [0.2, 0.25) is 0 Å². The Balaban J connectivity index is 3.95. The second kappa shape index (κ2) is 38.6. The van der Waals surface area contributed by atoms with Crippen LogP contribution in [0.25, 0.3) is 0 Å². The molecule has 0 saturated carbocycles. The summed E-state index contributed by atoms with van der Waals surface area (Å²) in [5.74, 6) is -0.0820. The van der Waals surface area contributed by atoms with E-state index in [0.717, 1.165) is 90.0 Å². The average molecular weight is 710 g/mol. The summed E-state index contributed by atoms with van der Waals surface area (Å²) in [6.45, 7) is 6.46. The quantitative estimate of drug-likeness (QED) is 0.0357. The van der Waals surface area contributed by atoms with Gasteiger partial charge in [0.25, 0.3) is 0 Å². The molecule has 7 nitrogen and oxygen atoms in total. The van der Waals surface area contributed by atoms with Crippen molar-refractivity contribution < 1.29 is 28.6 Å². The molecule has 296 valence electrons. The molecule has 0 spiro atoms. The van der Waals surface area contributed by atoms with Gasteiger partial charge in [-0.2, -0.15) is 0 Å². The van der Waals surface area contributed by atoms with Crippen LogP contribution in [0.15, 0.2) is 0 Å². The minimum Gasteiger partial charge on any atom is -0.466 e. The summed E-state index contributed by atoms with van der Waals surface area (Å²) in [5, 5.41) is 0. The second-order valence-corrected chi connectivity index (χ2v) is 15.0. The van der Waals surface area contributed by atoms with Crippen LogP contribution in [0.4, 0.5) is 0 Å². The monoisotopic (exact) mass is 710 g/mol. The highest BCUT2D eigenvalue weighted by Gasteiger charge is 2.14. The minimum absolute atomic E-state index is 0.0259. The molecule has 0 aromatic rings. The largest absolute Gasteiger partial charge is 0.466 e. The number of ether oxygens (including phenoxy) is 3. The third kappa shape index (κ3) is 37.6. The summed E-state index contributed by atoms with van der Waals surface area (Å²) in [4.78, 5) is 38.3. The lowest BCUT2D eigenvalue weighted by Crippen LogP contribution is -2.20. The summed E-state index contributed by atoms with van der Waals surface area (Å²) in [6, 6.07) is 0. The van der Waals surface area contributed by atoms with Crippen molar-refractivity contribution in [3.05, 3.63) is 0 Å². The molecule has 0 bridgehead atoms. The molecule has 0 aromatic heterocycles. The molecule has 0 radical (unpaired) electrons. The zero-order valence-electron chi connectivity index (χ0n) is 33.7. The maximum absolute atomic E-state index is 12.5. The molecular weight excluding hydrogens is 626 g/mol. The highest BCUT2D eigenvalue weighted by molar-refractivity contribution is 5.70. The Morgan fingerprint density at radius 2 is 0.760 bits per heavy atom. The molecule has 0 rings (SSSR count). The van der Waals surface area contributed by atoms with Crippen molar-refractivity contribution >= 4 is 17.9 Å². The molecule has 0 aliphatic heterocycles. The van der Waals surface area contributed by atoms with Gasteiger partial charge in [-0.1, -0.05) is 142 Å². The molecule has 0 unspecified atom stereocenters. The highest BCUT2D eigenvalue weighted by atomic mass is 16.5. The molecular formula is C43H83NO6. The van der Waals surface area contributed by atoms with E-state index in [-0.39, 0.29) is 24.0 Å². The fourth-order valence-corrected chi connectivity index (χ4v) is 6.38. The summed E-state index contributed by atoms with van der Waals surface area (Å²) in [7, 11) is 4.08. The van der Waals surface area contributed by atoms with Crippen LogP contribution >= 0.6 is 0 Å². The normalized spacial score (nSPS) is 11.4. The Labute approximate surface area is 310 Å². The molecule has 0 fully saturated rings. The lowest BCUT2D eigenvalue weighted by atomic mass is 10.0. The minimum atomic E-state index is -0.0303. The summed E-state index contributed by atoms with van der Waals surface area (Å²) < 4.78 is 16.6. The van der Waals surface area contributed by atoms with E-state index in [9.17, 15) is 14.4 Å². The number of rotatable bonds is 39. The van der Waals surface area contributed by atoms with Crippen LogP contribution in [-0.2, 0) is 28.6 Å². The molecule has 0 aliphatic carbocycles. The maximum atomic E-state index is 12.5. The third-order valence-electron chi connectivity index (χ3n) is 9.62. The van der Waals surface area contributed by atoms with Crippen LogP contribution in [0.1, 0.15) is 219 Å². The van der Waals surface area contributed by atoms with E-state index in [1.54, 1.807) is 0 Å². The van der Waals surface area contributed by atoms with E-state index in [4.69, 9.17) is 14.2 Å². The van der Waals surface area contributed by atoms with Crippen molar-refractivity contribution in [3.63, 3.8) is 0 Å². The number of unbranched alkanes of at least 4 members (excludes halogenated alkanes) is 22. The average Bonchev–Trinajstić information content (AvgIpc) is 3.08. The van der Waals surface area contributed by atoms with Gasteiger partial charge in [-0.05, 0) is 78.4 Å². The van der Waals surface area contributed by atoms with Crippen LogP contribution in [-0.4, -0.2) is 62.8 Å². The molecule has 0 aliphatic rings. The number of hydrogen-bond acceptors (Lipinski definition) is 7. The van der Waals surface area contributed by atoms with Crippen molar-refractivity contribution in [2.24, 2.45) is 0 Å². The molecule has 0 aromatic carbocycles. The zero-order chi connectivity index (χ0) is 36.8. The van der Waals surface area contributed by atoms with Gasteiger partial charge in [0.1, 0.15) is 6.10 Å². The Morgan fingerprint density at radius 1 is 0.420 bits per heavy atom. The van der Waals surface area contributed by atoms with Gasteiger partial charge >= 0.3 is 17.9 Å². The third-order valence-corrected chi connectivity index (χ3v) is 9.62. The van der Waals surface area contributed by atoms with E-state index in [1.807, 2.05) is 14.1 Å². The van der Waals surface area contributed by atoms with Gasteiger partial charge in [0.05, 0.1) is 13.2 Å². The topological polar surface area (TPSA) is 82.1 Å². The summed E-state index contributed by atoms with van der Waals surface area (Å²) in [5.41, 5.74) is 0. The zero-order valence-corrected chi connectivity index (χ0v) is 33.7. The molecule has 0 saturated heterocycles. The van der Waals surface area contributed by atoms with Crippen LogP contribution < -0.4 is 0 Å². The molecule has 0 amide bonds. The first kappa shape index (κ1) is 48.4. The van der Waals surface area contributed by atoms with E-state index in [2.05, 4.69) is 18.7 Å². The van der Waals surface area contributed by atoms with Crippen molar-refractivity contribution in [2.75, 3.05) is 33.9 Å². The van der Waals surface area contributed by atoms with Gasteiger partial charge in [-0.3, -0.25) is 14.4 Å². The van der Waals surface area contributed by atoms with E-state index in [1.165, 1.54) is 103 Å².